The van der Waals surface area contributed by atoms with E-state index in [0.29, 0.717) is 11.4 Å². The van der Waals surface area contributed by atoms with Gasteiger partial charge in [0, 0.05) is 37.0 Å². The third-order valence-electron chi connectivity index (χ3n) is 4.18. The molecular formula is C16H20N4O3. The molecule has 2 aromatic heterocycles. The lowest BCUT2D eigenvalue weighted by molar-refractivity contribution is 0.0907. The fraction of sp³-hybridized carbons (Fsp3) is 0.438. The van der Waals surface area contributed by atoms with Crippen molar-refractivity contribution in [2.24, 2.45) is 0 Å². The largest absolute Gasteiger partial charge is 0.377 e. The molecule has 1 saturated carbocycles. The number of ether oxygens (including phenoxy) is 1. The molecule has 0 radical (unpaired) electrons. The molecule has 0 aromatic carbocycles. The summed E-state index contributed by atoms with van der Waals surface area (Å²) in [5, 5.41) is 3.02. The van der Waals surface area contributed by atoms with Gasteiger partial charge >= 0.3 is 0 Å². The highest BCUT2D eigenvalue weighted by Gasteiger charge is 2.33. The van der Waals surface area contributed by atoms with Crippen molar-refractivity contribution in [3.8, 4) is 0 Å². The number of hydrogen-bond acceptors (Lipinski definition) is 4. The Kier molecular flexibility index (Phi) is 4.29. The van der Waals surface area contributed by atoms with E-state index in [1.54, 1.807) is 19.4 Å². The molecule has 0 atom stereocenters. The maximum absolute atomic E-state index is 12.1. The number of aromatic amines is 2. The number of aromatic nitrogens is 3. The van der Waals surface area contributed by atoms with Crippen LogP contribution in [0, 0.1) is 6.92 Å². The normalized spacial score (nSPS) is 20.1. The zero-order valence-electron chi connectivity index (χ0n) is 13.2. The van der Waals surface area contributed by atoms with E-state index >= 15 is 0 Å². The Labute approximate surface area is 133 Å². The van der Waals surface area contributed by atoms with Gasteiger partial charge in [-0.1, -0.05) is 0 Å². The van der Waals surface area contributed by atoms with Crippen molar-refractivity contribution in [1.29, 1.82) is 0 Å². The first-order valence-electron chi connectivity index (χ1n) is 7.60. The Balaban J connectivity index is 1.60. The summed E-state index contributed by atoms with van der Waals surface area (Å²) in [4.78, 5) is 33.9. The van der Waals surface area contributed by atoms with Crippen LogP contribution in [-0.4, -0.2) is 34.0 Å². The summed E-state index contributed by atoms with van der Waals surface area (Å²) in [5.41, 5.74) is 2.13. The molecule has 1 fully saturated rings. The van der Waals surface area contributed by atoms with Crippen molar-refractivity contribution in [2.45, 2.75) is 38.3 Å². The van der Waals surface area contributed by atoms with Gasteiger partial charge in [0.1, 0.15) is 12.4 Å². The van der Waals surface area contributed by atoms with E-state index in [1.165, 1.54) is 6.07 Å². The second kappa shape index (κ2) is 6.37. The van der Waals surface area contributed by atoms with Crippen LogP contribution >= 0.6 is 0 Å². The van der Waals surface area contributed by atoms with Crippen LogP contribution in [0.2, 0.25) is 0 Å². The summed E-state index contributed by atoms with van der Waals surface area (Å²) >= 11 is 0. The molecule has 23 heavy (non-hydrogen) atoms. The number of amides is 1. The summed E-state index contributed by atoms with van der Waals surface area (Å²) < 4.78 is 5.00. The molecule has 3 N–H and O–H groups in total. The van der Waals surface area contributed by atoms with Crippen molar-refractivity contribution >= 4 is 5.91 Å². The smallest absolute Gasteiger partial charge is 0.253 e. The minimum Gasteiger partial charge on any atom is -0.377 e. The van der Waals surface area contributed by atoms with Gasteiger partial charge < -0.3 is 20.0 Å². The molecule has 3 rings (SSSR count). The first kappa shape index (κ1) is 15.5. The van der Waals surface area contributed by atoms with Crippen molar-refractivity contribution in [1.82, 2.24) is 20.3 Å². The molecule has 2 aromatic rings. The number of H-pyrrole nitrogens is 2. The van der Waals surface area contributed by atoms with Crippen LogP contribution < -0.4 is 10.9 Å². The lowest BCUT2D eigenvalue weighted by Crippen LogP contribution is -2.43. The molecule has 1 aliphatic rings. The maximum Gasteiger partial charge on any atom is 0.253 e. The van der Waals surface area contributed by atoms with Crippen LogP contribution in [0.1, 0.15) is 46.3 Å². The Morgan fingerprint density at radius 3 is 2.91 bits per heavy atom. The van der Waals surface area contributed by atoms with Crippen LogP contribution in [0.15, 0.2) is 23.1 Å². The number of carbonyl (C=O) groups excluding carboxylic acids is 1. The van der Waals surface area contributed by atoms with Crippen molar-refractivity contribution in [2.75, 3.05) is 7.11 Å². The standard InChI is InChI=1S/C16H20N4O3/c1-9-12(3-4-17-9)16(22)18-11-5-10(6-11)13-7-15(21)20-14(19-13)8-23-2/h3-4,7,10-11,17H,5-6,8H2,1-2H3,(H,18,22)(H,19,20,21). The van der Waals surface area contributed by atoms with E-state index in [-0.39, 0.29) is 30.0 Å². The lowest BCUT2D eigenvalue weighted by atomic mass is 9.78. The average Bonchev–Trinajstić information content (AvgIpc) is 2.88. The monoisotopic (exact) mass is 316 g/mol. The minimum absolute atomic E-state index is 0.0638. The van der Waals surface area contributed by atoms with E-state index in [2.05, 4.69) is 20.3 Å². The fourth-order valence-electron chi connectivity index (χ4n) is 2.88. The molecule has 2 heterocycles. The molecule has 0 spiro atoms. The fourth-order valence-corrected chi connectivity index (χ4v) is 2.88. The first-order valence-corrected chi connectivity index (χ1v) is 7.60. The Morgan fingerprint density at radius 2 is 2.26 bits per heavy atom. The lowest BCUT2D eigenvalue weighted by Gasteiger charge is -2.35. The summed E-state index contributed by atoms with van der Waals surface area (Å²) in [7, 11) is 1.56. The Morgan fingerprint density at radius 1 is 1.48 bits per heavy atom. The highest BCUT2D eigenvalue weighted by atomic mass is 16.5. The van der Waals surface area contributed by atoms with E-state index < -0.39 is 0 Å². The van der Waals surface area contributed by atoms with Gasteiger partial charge in [-0.15, -0.1) is 0 Å². The van der Waals surface area contributed by atoms with Crippen LogP contribution in [0.5, 0.6) is 0 Å². The van der Waals surface area contributed by atoms with Gasteiger partial charge in [0.05, 0.1) is 11.3 Å². The summed E-state index contributed by atoms with van der Waals surface area (Å²) in [6, 6.07) is 3.42. The highest BCUT2D eigenvalue weighted by molar-refractivity contribution is 5.95. The molecular weight excluding hydrogens is 296 g/mol. The molecule has 1 amide bonds. The first-order chi connectivity index (χ1) is 11.1. The summed E-state index contributed by atoms with van der Waals surface area (Å²) in [6.45, 7) is 2.15. The van der Waals surface area contributed by atoms with Crippen LogP contribution in [0.4, 0.5) is 0 Å². The van der Waals surface area contributed by atoms with Gasteiger partial charge in [-0.05, 0) is 25.8 Å². The molecule has 0 bridgehead atoms. The van der Waals surface area contributed by atoms with Crippen molar-refractivity contribution < 1.29 is 9.53 Å². The van der Waals surface area contributed by atoms with Gasteiger partial charge in [-0.2, -0.15) is 0 Å². The Bertz CT molecular complexity index is 759. The minimum atomic E-state index is -0.169. The predicted octanol–water partition coefficient (Wildman–Crippen LogP) is 1.23. The van der Waals surface area contributed by atoms with Gasteiger partial charge in [-0.25, -0.2) is 4.98 Å². The van der Waals surface area contributed by atoms with E-state index in [9.17, 15) is 9.59 Å². The second-order valence-electron chi connectivity index (χ2n) is 5.91. The molecule has 0 saturated heterocycles. The van der Waals surface area contributed by atoms with E-state index in [0.717, 1.165) is 24.2 Å². The second-order valence-corrected chi connectivity index (χ2v) is 5.91. The van der Waals surface area contributed by atoms with Crippen LogP contribution in [-0.2, 0) is 11.3 Å². The van der Waals surface area contributed by atoms with Gasteiger partial charge in [0.25, 0.3) is 11.5 Å². The Hall–Kier alpha value is -2.41. The van der Waals surface area contributed by atoms with E-state index in [4.69, 9.17) is 4.74 Å². The van der Waals surface area contributed by atoms with Gasteiger partial charge in [-0.3, -0.25) is 9.59 Å². The van der Waals surface area contributed by atoms with Crippen molar-refractivity contribution in [3.63, 3.8) is 0 Å². The summed E-state index contributed by atoms with van der Waals surface area (Å²) in [6.07, 6.45) is 3.33. The number of rotatable bonds is 5. The maximum atomic E-state index is 12.1. The zero-order valence-corrected chi connectivity index (χ0v) is 13.2. The molecule has 0 unspecified atom stereocenters. The molecule has 0 aliphatic heterocycles. The number of hydrogen-bond donors (Lipinski definition) is 3. The quantitative estimate of drug-likeness (QED) is 0.772. The predicted molar refractivity (Wildman–Crippen MR) is 84.3 cm³/mol. The number of carbonyl (C=O) groups is 1. The summed E-state index contributed by atoms with van der Waals surface area (Å²) in [5.74, 6) is 0.669. The number of aryl methyl sites for hydroxylation is 1. The van der Waals surface area contributed by atoms with Crippen LogP contribution in [0.25, 0.3) is 0 Å². The SMILES string of the molecule is COCc1nc(C2CC(NC(=O)c3cc[nH]c3C)C2)cc(=O)[nH]1. The third-order valence-corrected chi connectivity index (χ3v) is 4.18. The molecule has 7 nitrogen and oxygen atoms in total. The highest BCUT2D eigenvalue weighted by Crippen LogP contribution is 2.35. The molecule has 1 aliphatic carbocycles. The van der Waals surface area contributed by atoms with Crippen molar-refractivity contribution in [3.05, 3.63) is 51.5 Å². The third kappa shape index (κ3) is 3.34. The van der Waals surface area contributed by atoms with Crippen LogP contribution in [0.3, 0.4) is 0 Å². The van der Waals surface area contributed by atoms with Gasteiger partial charge in [0.2, 0.25) is 0 Å². The molecule has 7 heteroatoms. The molecule has 122 valence electrons. The van der Waals surface area contributed by atoms with Gasteiger partial charge in [0.15, 0.2) is 0 Å². The zero-order chi connectivity index (χ0) is 16.4. The van der Waals surface area contributed by atoms with E-state index in [1.807, 2.05) is 6.92 Å². The average molecular weight is 316 g/mol. The number of nitrogens with zero attached hydrogens (tertiary/aromatic N) is 1. The number of nitrogens with one attached hydrogen (secondary N) is 3. The number of methoxy groups -OCH3 is 1. The topological polar surface area (TPSA) is 99.9 Å².